The minimum atomic E-state index is -0.0663. The third-order valence-electron chi connectivity index (χ3n) is 2.17. The lowest BCUT2D eigenvalue weighted by atomic mass is 10.5. The van der Waals surface area contributed by atoms with Crippen molar-refractivity contribution >= 4 is 17.8 Å². The number of nitrogens with two attached hydrogens (primary N) is 1. The minimum absolute atomic E-state index is 0.0600. The summed E-state index contributed by atoms with van der Waals surface area (Å²) in [7, 11) is 5.08. The van der Waals surface area contributed by atoms with Crippen molar-refractivity contribution in [3.05, 3.63) is 0 Å². The molecule has 0 spiro atoms. The Morgan fingerprint density at radius 2 is 1.89 bits per heavy atom. The molecule has 0 saturated carbocycles. The first kappa shape index (κ1) is 14.9. The van der Waals surface area contributed by atoms with Gasteiger partial charge in [-0.15, -0.1) is 0 Å². The van der Waals surface area contributed by atoms with Gasteiger partial charge in [-0.2, -0.15) is 15.0 Å². The second-order valence-electron chi connectivity index (χ2n) is 4.59. The third kappa shape index (κ3) is 4.57. The van der Waals surface area contributed by atoms with Gasteiger partial charge >= 0.3 is 6.01 Å². The quantitative estimate of drug-likeness (QED) is 0.787. The molecule has 0 aliphatic rings. The van der Waals surface area contributed by atoms with Gasteiger partial charge in [-0.3, -0.25) is 4.79 Å². The molecule has 1 aromatic rings. The van der Waals surface area contributed by atoms with Gasteiger partial charge in [0.25, 0.3) is 0 Å². The van der Waals surface area contributed by atoms with E-state index in [1.165, 1.54) is 4.90 Å². The summed E-state index contributed by atoms with van der Waals surface area (Å²) < 4.78 is 5.37. The number of aromatic nitrogens is 3. The standard InChI is InChI=1S/C11H20N6O2/c1-7(2)19-11-14-9(12)13-10(15-11)17(5)6-8(18)16(3)4/h7H,6H2,1-5H3,(H2,12,13,14,15). The Bertz CT molecular complexity index is 449. The van der Waals surface area contributed by atoms with E-state index >= 15 is 0 Å². The second kappa shape index (κ2) is 6.17. The van der Waals surface area contributed by atoms with E-state index in [4.69, 9.17) is 10.5 Å². The molecule has 8 nitrogen and oxygen atoms in total. The molecular weight excluding hydrogens is 248 g/mol. The van der Waals surface area contributed by atoms with E-state index < -0.39 is 0 Å². The van der Waals surface area contributed by atoms with Crippen molar-refractivity contribution in [2.24, 2.45) is 0 Å². The topological polar surface area (TPSA) is 97.5 Å². The summed E-state index contributed by atoms with van der Waals surface area (Å²) in [6.45, 7) is 3.87. The van der Waals surface area contributed by atoms with Crippen LogP contribution in [-0.4, -0.2) is 59.6 Å². The zero-order valence-electron chi connectivity index (χ0n) is 11.9. The van der Waals surface area contributed by atoms with Crippen molar-refractivity contribution in [3.63, 3.8) is 0 Å². The smallest absolute Gasteiger partial charge is 0.323 e. The molecule has 0 bridgehead atoms. The zero-order valence-corrected chi connectivity index (χ0v) is 11.9. The van der Waals surface area contributed by atoms with Crippen molar-refractivity contribution in [1.29, 1.82) is 0 Å². The number of hydrogen-bond donors (Lipinski definition) is 1. The van der Waals surface area contributed by atoms with E-state index in [2.05, 4.69) is 15.0 Å². The molecule has 1 amide bonds. The average Bonchev–Trinajstić information content (AvgIpc) is 2.26. The van der Waals surface area contributed by atoms with Crippen molar-refractivity contribution in [2.45, 2.75) is 20.0 Å². The third-order valence-corrected chi connectivity index (χ3v) is 2.17. The van der Waals surface area contributed by atoms with Gasteiger partial charge in [0.1, 0.15) is 0 Å². The molecule has 1 rings (SSSR count). The van der Waals surface area contributed by atoms with Crippen LogP contribution in [0.5, 0.6) is 6.01 Å². The molecule has 2 N–H and O–H groups in total. The monoisotopic (exact) mass is 268 g/mol. The summed E-state index contributed by atoms with van der Waals surface area (Å²) in [5.74, 6) is 0.302. The van der Waals surface area contributed by atoms with E-state index in [1.54, 1.807) is 26.0 Å². The number of anilines is 2. The highest BCUT2D eigenvalue weighted by Gasteiger charge is 2.14. The van der Waals surface area contributed by atoms with Crippen LogP contribution in [0.15, 0.2) is 0 Å². The molecule has 0 atom stereocenters. The molecule has 0 aliphatic heterocycles. The zero-order chi connectivity index (χ0) is 14.6. The van der Waals surface area contributed by atoms with Crippen LogP contribution in [-0.2, 0) is 4.79 Å². The number of amides is 1. The molecular formula is C11H20N6O2. The van der Waals surface area contributed by atoms with Crippen LogP contribution < -0.4 is 15.4 Å². The van der Waals surface area contributed by atoms with Gasteiger partial charge < -0.3 is 20.3 Å². The van der Waals surface area contributed by atoms with Gasteiger partial charge in [-0.05, 0) is 13.8 Å². The molecule has 0 aliphatic carbocycles. The van der Waals surface area contributed by atoms with Crippen molar-refractivity contribution in [1.82, 2.24) is 19.9 Å². The fourth-order valence-electron chi connectivity index (χ4n) is 1.21. The largest absolute Gasteiger partial charge is 0.461 e. The number of ether oxygens (including phenoxy) is 1. The number of carbonyl (C=O) groups excluding carboxylic acids is 1. The lowest BCUT2D eigenvalue weighted by Gasteiger charge is -2.19. The maximum Gasteiger partial charge on any atom is 0.323 e. The summed E-state index contributed by atoms with van der Waals surface area (Å²) in [6, 6.07) is 0.154. The van der Waals surface area contributed by atoms with Crippen LogP contribution in [0.4, 0.5) is 11.9 Å². The highest BCUT2D eigenvalue weighted by molar-refractivity contribution is 5.80. The summed E-state index contributed by atoms with van der Waals surface area (Å²) in [5, 5.41) is 0. The Morgan fingerprint density at radius 3 is 2.42 bits per heavy atom. The molecule has 19 heavy (non-hydrogen) atoms. The number of carbonyl (C=O) groups is 1. The fraction of sp³-hybridized carbons (Fsp3) is 0.636. The normalized spacial score (nSPS) is 10.4. The SMILES string of the molecule is CC(C)Oc1nc(N)nc(N(C)CC(=O)N(C)C)n1. The number of likely N-dealkylation sites (N-methyl/N-ethyl adjacent to an activating group) is 2. The van der Waals surface area contributed by atoms with E-state index in [-0.39, 0.29) is 30.5 Å². The highest BCUT2D eigenvalue weighted by atomic mass is 16.5. The minimum Gasteiger partial charge on any atom is -0.461 e. The maximum absolute atomic E-state index is 11.6. The Morgan fingerprint density at radius 1 is 1.26 bits per heavy atom. The van der Waals surface area contributed by atoms with Gasteiger partial charge in [0, 0.05) is 21.1 Å². The molecule has 0 fully saturated rings. The van der Waals surface area contributed by atoms with Gasteiger partial charge in [0.05, 0.1) is 12.6 Å². The number of hydrogen-bond acceptors (Lipinski definition) is 7. The first-order valence-corrected chi connectivity index (χ1v) is 5.89. The van der Waals surface area contributed by atoms with E-state index in [1.807, 2.05) is 13.8 Å². The van der Waals surface area contributed by atoms with Gasteiger partial charge in [-0.1, -0.05) is 0 Å². The first-order valence-electron chi connectivity index (χ1n) is 5.89. The Balaban J connectivity index is 2.87. The second-order valence-corrected chi connectivity index (χ2v) is 4.59. The van der Waals surface area contributed by atoms with Crippen LogP contribution in [0.3, 0.4) is 0 Å². The highest BCUT2D eigenvalue weighted by Crippen LogP contribution is 2.13. The first-order chi connectivity index (χ1) is 8.79. The van der Waals surface area contributed by atoms with Gasteiger partial charge in [-0.25, -0.2) is 0 Å². The Labute approximate surface area is 112 Å². The average molecular weight is 268 g/mol. The van der Waals surface area contributed by atoms with Crippen LogP contribution in [0.25, 0.3) is 0 Å². The maximum atomic E-state index is 11.6. The number of nitrogen functional groups attached to an aromatic ring is 1. The van der Waals surface area contributed by atoms with E-state index in [9.17, 15) is 4.79 Å². The van der Waals surface area contributed by atoms with Crippen LogP contribution in [0.2, 0.25) is 0 Å². The lowest BCUT2D eigenvalue weighted by Crippen LogP contribution is -2.35. The molecule has 0 unspecified atom stereocenters. The fourth-order valence-corrected chi connectivity index (χ4v) is 1.21. The van der Waals surface area contributed by atoms with Gasteiger partial charge in [0.15, 0.2) is 0 Å². The summed E-state index contributed by atoms with van der Waals surface area (Å²) in [5.41, 5.74) is 5.60. The summed E-state index contributed by atoms with van der Waals surface area (Å²) >= 11 is 0. The number of nitrogens with zero attached hydrogens (tertiary/aromatic N) is 5. The number of rotatable bonds is 5. The van der Waals surface area contributed by atoms with Crippen molar-refractivity contribution < 1.29 is 9.53 Å². The molecule has 0 aromatic carbocycles. The van der Waals surface area contributed by atoms with E-state index in [0.29, 0.717) is 5.95 Å². The van der Waals surface area contributed by atoms with Crippen LogP contribution in [0.1, 0.15) is 13.8 Å². The van der Waals surface area contributed by atoms with Crippen LogP contribution in [0, 0.1) is 0 Å². The molecule has 0 radical (unpaired) electrons. The van der Waals surface area contributed by atoms with Crippen LogP contribution >= 0.6 is 0 Å². The lowest BCUT2D eigenvalue weighted by molar-refractivity contribution is -0.127. The van der Waals surface area contributed by atoms with E-state index in [0.717, 1.165) is 0 Å². The molecule has 1 heterocycles. The molecule has 106 valence electrons. The Hall–Kier alpha value is -2.12. The van der Waals surface area contributed by atoms with Crippen molar-refractivity contribution in [3.8, 4) is 6.01 Å². The van der Waals surface area contributed by atoms with Gasteiger partial charge in [0.2, 0.25) is 17.8 Å². The predicted molar refractivity (Wildman–Crippen MR) is 72.0 cm³/mol. The van der Waals surface area contributed by atoms with Crippen molar-refractivity contribution in [2.75, 3.05) is 38.3 Å². The summed E-state index contributed by atoms with van der Waals surface area (Å²) in [6.07, 6.45) is -0.0663. The summed E-state index contributed by atoms with van der Waals surface area (Å²) in [4.78, 5) is 26.7. The molecule has 8 heteroatoms. The predicted octanol–water partition coefficient (Wildman–Crippen LogP) is -0.235. The Kier molecular flexibility index (Phi) is 4.85. The molecule has 1 aromatic heterocycles. The molecule has 0 saturated heterocycles.